The smallest absolute Gasteiger partial charge is 0.236 e. The molecule has 6 heteroatoms. The maximum Gasteiger partial charge on any atom is 0.236 e. The Morgan fingerprint density at radius 3 is 2.35 bits per heavy atom. The SMILES string of the molecule is C[C@H](O)CN1CCN(CC(=O)N(C)Cc2ccc(Cl)cc2)CC1. The summed E-state index contributed by atoms with van der Waals surface area (Å²) >= 11 is 5.88. The topological polar surface area (TPSA) is 47.0 Å². The molecule has 1 saturated heterocycles. The first-order valence-electron chi connectivity index (χ1n) is 8.05. The van der Waals surface area contributed by atoms with Crippen molar-refractivity contribution in [1.82, 2.24) is 14.7 Å². The van der Waals surface area contributed by atoms with Gasteiger partial charge in [0, 0.05) is 51.3 Å². The van der Waals surface area contributed by atoms with Crippen LogP contribution in [0.25, 0.3) is 0 Å². The largest absolute Gasteiger partial charge is 0.392 e. The predicted molar refractivity (Wildman–Crippen MR) is 92.5 cm³/mol. The monoisotopic (exact) mass is 339 g/mol. The second-order valence-corrected chi connectivity index (χ2v) is 6.74. The van der Waals surface area contributed by atoms with Gasteiger partial charge >= 0.3 is 0 Å². The minimum atomic E-state index is -0.298. The summed E-state index contributed by atoms with van der Waals surface area (Å²) in [5.74, 6) is 0.129. The van der Waals surface area contributed by atoms with Crippen LogP contribution in [0, 0.1) is 0 Å². The molecule has 2 rings (SSSR count). The van der Waals surface area contributed by atoms with Crippen molar-refractivity contribution in [3.05, 3.63) is 34.9 Å². The number of rotatable bonds is 6. The number of piperazine rings is 1. The van der Waals surface area contributed by atoms with Crippen LogP contribution in [0.4, 0.5) is 0 Å². The van der Waals surface area contributed by atoms with Gasteiger partial charge in [-0.15, -0.1) is 0 Å². The van der Waals surface area contributed by atoms with Gasteiger partial charge in [0.05, 0.1) is 12.6 Å². The number of likely N-dealkylation sites (N-methyl/N-ethyl adjacent to an activating group) is 1. The second kappa shape index (κ2) is 8.64. The molecule has 1 heterocycles. The number of β-amino-alcohol motifs (C(OH)–C–C–N with tert-alkyl or cyclic N) is 1. The van der Waals surface area contributed by atoms with E-state index in [1.165, 1.54) is 0 Å². The van der Waals surface area contributed by atoms with Gasteiger partial charge in [0.2, 0.25) is 5.91 Å². The predicted octanol–water partition coefficient (Wildman–Crippen LogP) is 1.30. The number of hydrogen-bond donors (Lipinski definition) is 1. The molecule has 0 saturated carbocycles. The molecule has 0 unspecified atom stereocenters. The summed E-state index contributed by atoms with van der Waals surface area (Å²) < 4.78 is 0. The van der Waals surface area contributed by atoms with E-state index in [0.717, 1.165) is 31.7 Å². The van der Waals surface area contributed by atoms with Crippen molar-refractivity contribution in [2.75, 3.05) is 46.3 Å². The quantitative estimate of drug-likeness (QED) is 0.848. The van der Waals surface area contributed by atoms with Gasteiger partial charge in [-0.3, -0.25) is 14.6 Å². The van der Waals surface area contributed by atoms with E-state index in [9.17, 15) is 9.90 Å². The van der Waals surface area contributed by atoms with E-state index in [0.29, 0.717) is 24.7 Å². The van der Waals surface area contributed by atoms with Crippen LogP contribution in [0.2, 0.25) is 5.02 Å². The number of aliphatic hydroxyl groups is 1. The summed E-state index contributed by atoms with van der Waals surface area (Å²) in [7, 11) is 1.83. The van der Waals surface area contributed by atoms with Gasteiger partial charge in [-0.05, 0) is 24.6 Å². The van der Waals surface area contributed by atoms with E-state index in [2.05, 4.69) is 9.80 Å². The molecule has 1 aromatic carbocycles. The lowest BCUT2D eigenvalue weighted by atomic mass is 10.2. The summed E-state index contributed by atoms with van der Waals surface area (Å²) in [5.41, 5.74) is 1.08. The van der Waals surface area contributed by atoms with Gasteiger partial charge < -0.3 is 10.0 Å². The average molecular weight is 340 g/mol. The third kappa shape index (κ3) is 6.11. The maximum absolute atomic E-state index is 12.3. The third-order valence-electron chi connectivity index (χ3n) is 4.10. The molecular formula is C17H26ClN3O2. The molecule has 1 atom stereocenters. The highest BCUT2D eigenvalue weighted by Crippen LogP contribution is 2.11. The van der Waals surface area contributed by atoms with Crippen LogP contribution < -0.4 is 0 Å². The summed E-state index contributed by atoms with van der Waals surface area (Å²) in [6.45, 7) is 7.10. The molecule has 0 spiro atoms. The van der Waals surface area contributed by atoms with E-state index in [1.807, 2.05) is 38.2 Å². The fourth-order valence-corrected chi connectivity index (χ4v) is 2.89. The fraction of sp³-hybridized carbons (Fsp3) is 0.588. The number of hydrogen-bond acceptors (Lipinski definition) is 4. The van der Waals surface area contributed by atoms with Crippen molar-refractivity contribution in [3.8, 4) is 0 Å². The average Bonchev–Trinajstić information content (AvgIpc) is 2.51. The molecule has 1 aliphatic heterocycles. The zero-order valence-corrected chi connectivity index (χ0v) is 14.7. The lowest BCUT2D eigenvalue weighted by Gasteiger charge is -2.35. The number of aliphatic hydroxyl groups excluding tert-OH is 1. The summed E-state index contributed by atoms with van der Waals surface area (Å²) in [6.07, 6.45) is -0.298. The Bertz CT molecular complexity index is 499. The van der Waals surface area contributed by atoms with Crippen LogP contribution in [-0.4, -0.2) is 78.1 Å². The number of nitrogens with zero attached hydrogens (tertiary/aromatic N) is 3. The van der Waals surface area contributed by atoms with Gasteiger partial charge in [-0.25, -0.2) is 0 Å². The van der Waals surface area contributed by atoms with Crippen LogP contribution in [0.15, 0.2) is 24.3 Å². The molecular weight excluding hydrogens is 314 g/mol. The Labute approximate surface area is 143 Å². The second-order valence-electron chi connectivity index (χ2n) is 6.30. The summed E-state index contributed by atoms with van der Waals surface area (Å²) in [6, 6.07) is 7.58. The number of halogens is 1. The maximum atomic E-state index is 12.3. The molecule has 0 radical (unpaired) electrons. The molecule has 5 nitrogen and oxygen atoms in total. The van der Waals surface area contributed by atoms with Gasteiger partial charge in [-0.1, -0.05) is 23.7 Å². The number of carbonyl (C=O) groups is 1. The molecule has 23 heavy (non-hydrogen) atoms. The Hall–Kier alpha value is -1.14. The zero-order valence-electron chi connectivity index (χ0n) is 13.9. The normalized spacial score (nSPS) is 17.9. The minimum Gasteiger partial charge on any atom is -0.392 e. The number of amides is 1. The first kappa shape index (κ1) is 18.2. The lowest BCUT2D eigenvalue weighted by molar-refractivity contribution is -0.132. The molecule has 0 aromatic heterocycles. The van der Waals surface area contributed by atoms with Crippen LogP contribution in [0.1, 0.15) is 12.5 Å². The minimum absolute atomic E-state index is 0.129. The molecule has 1 fully saturated rings. The van der Waals surface area contributed by atoms with Gasteiger partial charge in [0.25, 0.3) is 0 Å². The highest BCUT2D eigenvalue weighted by Gasteiger charge is 2.21. The van der Waals surface area contributed by atoms with Gasteiger partial charge in [0.15, 0.2) is 0 Å². The van der Waals surface area contributed by atoms with E-state index in [-0.39, 0.29) is 12.0 Å². The van der Waals surface area contributed by atoms with Crippen molar-refractivity contribution < 1.29 is 9.90 Å². The van der Waals surface area contributed by atoms with Crippen molar-refractivity contribution in [1.29, 1.82) is 0 Å². The highest BCUT2D eigenvalue weighted by atomic mass is 35.5. The fourth-order valence-electron chi connectivity index (χ4n) is 2.77. The molecule has 0 aliphatic carbocycles. The molecule has 1 aliphatic rings. The Morgan fingerprint density at radius 1 is 1.22 bits per heavy atom. The lowest BCUT2D eigenvalue weighted by Crippen LogP contribution is -2.50. The highest BCUT2D eigenvalue weighted by molar-refractivity contribution is 6.30. The molecule has 1 N–H and O–H groups in total. The van der Waals surface area contributed by atoms with E-state index in [4.69, 9.17) is 11.6 Å². The van der Waals surface area contributed by atoms with Crippen LogP contribution >= 0.6 is 11.6 Å². The summed E-state index contributed by atoms with van der Waals surface area (Å²) in [5, 5.41) is 10.1. The zero-order chi connectivity index (χ0) is 16.8. The van der Waals surface area contributed by atoms with Crippen LogP contribution in [0.3, 0.4) is 0 Å². The molecule has 128 valence electrons. The Morgan fingerprint density at radius 2 is 1.78 bits per heavy atom. The molecule has 1 aromatic rings. The number of carbonyl (C=O) groups excluding carboxylic acids is 1. The van der Waals surface area contributed by atoms with Gasteiger partial charge in [0.1, 0.15) is 0 Å². The Kier molecular flexibility index (Phi) is 6.84. The Balaban J connectivity index is 1.75. The van der Waals surface area contributed by atoms with Gasteiger partial charge in [-0.2, -0.15) is 0 Å². The summed E-state index contributed by atoms with van der Waals surface area (Å²) in [4.78, 5) is 18.5. The first-order valence-corrected chi connectivity index (χ1v) is 8.43. The molecule has 0 bridgehead atoms. The standard InChI is InChI=1S/C17H26ClN3O2/c1-14(22)11-20-7-9-21(10-8-20)13-17(23)19(2)12-15-3-5-16(18)6-4-15/h3-6,14,22H,7-13H2,1-2H3/t14-/m0/s1. The first-order chi connectivity index (χ1) is 10.9. The van der Waals surface area contributed by atoms with Crippen molar-refractivity contribution in [2.24, 2.45) is 0 Å². The molecule has 1 amide bonds. The van der Waals surface area contributed by atoms with E-state index in [1.54, 1.807) is 4.90 Å². The van der Waals surface area contributed by atoms with E-state index >= 15 is 0 Å². The van der Waals surface area contributed by atoms with Crippen LogP contribution in [-0.2, 0) is 11.3 Å². The van der Waals surface area contributed by atoms with Crippen LogP contribution in [0.5, 0.6) is 0 Å². The third-order valence-corrected chi connectivity index (χ3v) is 4.36. The van der Waals surface area contributed by atoms with E-state index < -0.39 is 0 Å². The van der Waals surface area contributed by atoms with Crippen molar-refractivity contribution in [3.63, 3.8) is 0 Å². The van der Waals surface area contributed by atoms with Crippen molar-refractivity contribution >= 4 is 17.5 Å². The van der Waals surface area contributed by atoms with Crippen molar-refractivity contribution in [2.45, 2.75) is 19.6 Å². The number of benzene rings is 1.